The minimum atomic E-state index is -0.922. The third-order valence-corrected chi connectivity index (χ3v) is 4.39. The van der Waals surface area contributed by atoms with Gasteiger partial charge in [0.05, 0.1) is 5.52 Å². The molecule has 3 nitrogen and oxygen atoms in total. The van der Waals surface area contributed by atoms with Gasteiger partial charge in [-0.1, -0.05) is 11.6 Å². The highest BCUT2D eigenvalue weighted by molar-refractivity contribution is 7.08. The fraction of sp³-hybridized carbons (Fsp3) is 0.188. The summed E-state index contributed by atoms with van der Waals surface area (Å²) in [6.45, 7) is 2.22. The quantitative estimate of drug-likeness (QED) is 0.755. The van der Waals surface area contributed by atoms with Crippen LogP contribution in [0.2, 0.25) is 5.02 Å². The number of anilines is 1. The molecule has 1 unspecified atom stereocenters. The van der Waals surface area contributed by atoms with E-state index in [-0.39, 0.29) is 0 Å². The van der Waals surface area contributed by atoms with E-state index in [0.29, 0.717) is 11.6 Å². The van der Waals surface area contributed by atoms with Crippen molar-refractivity contribution in [3.8, 4) is 0 Å². The smallest absolute Gasteiger partial charge is 0.105 e. The van der Waals surface area contributed by atoms with E-state index in [1.807, 2.05) is 41.1 Å². The second-order valence-electron chi connectivity index (χ2n) is 5.16. The number of benzene rings is 1. The number of fused-ring (bicyclic) bond motifs is 1. The number of rotatable bonds is 4. The van der Waals surface area contributed by atoms with Gasteiger partial charge in [0, 0.05) is 28.8 Å². The molecular formula is C16H15ClN2OS. The average Bonchev–Trinajstić information content (AvgIpc) is 3.00. The van der Waals surface area contributed by atoms with Crippen molar-refractivity contribution in [2.75, 3.05) is 11.9 Å². The van der Waals surface area contributed by atoms with Crippen LogP contribution in [0, 0.1) is 0 Å². The number of nitrogens with one attached hydrogen (secondary N) is 1. The second-order valence-corrected chi connectivity index (χ2v) is 6.38. The maximum absolute atomic E-state index is 10.6. The molecule has 0 saturated carbocycles. The molecule has 108 valence electrons. The lowest BCUT2D eigenvalue weighted by molar-refractivity contribution is 0.0720. The summed E-state index contributed by atoms with van der Waals surface area (Å²) in [5.74, 6) is 0. The standard InChI is InChI=1S/C16H15ClN2OS/c1-16(20,11-5-7-21-9-11)10-19-15-4-6-18-14-3-2-12(17)8-13(14)15/h2-9,20H,10H2,1H3,(H,18,19). The molecule has 2 N–H and O–H groups in total. The predicted molar refractivity (Wildman–Crippen MR) is 89.1 cm³/mol. The highest BCUT2D eigenvalue weighted by Crippen LogP contribution is 2.27. The Morgan fingerprint density at radius 1 is 1.33 bits per heavy atom. The van der Waals surface area contributed by atoms with Crippen molar-refractivity contribution in [3.63, 3.8) is 0 Å². The summed E-state index contributed by atoms with van der Waals surface area (Å²) in [6.07, 6.45) is 1.75. The molecule has 0 spiro atoms. The number of aromatic nitrogens is 1. The van der Waals surface area contributed by atoms with Crippen molar-refractivity contribution < 1.29 is 5.11 Å². The first-order chi connectivity index (χ1) is 10.1. The summed E-state index contributed by atoms with van der Waals surface area (Å²) >= 11 is 7.64. The van der Waals surface area contributed by atoms with Gasteiger partial charge in [-0.3, -0.25) is 4.98 Å². The van der Waals surface area contributed by atoms with Gasteiger partial charge < -0.3 is 10.4 Å². The van der Waals surface area contributed by atoms with Gasteiger partial charge in [-0.05, 0) is 53.6 Å². The highest BCUT2D eigenvalue weighted by atomic mass is 35.5. The number of hydrogen-bond acceptors (Lipinski definition) is 4. The Morgan fingerprint density at radius 3 is 2.95 bits per heavy atom. The SMILES string of the molecule is CC(O)(CNc1ccnc2ccc(Cl)cc12)c1ccsc1. The monoisotopic (exact) mass is 318 g/mol. The van der Waals surface area contributed by atoms with Crippen LogP contribution in [0.1, 0.15) is 12.5 Å². The van der Waals surface area contributed by atoms with Crippen LogP contribution in [0.25, 0.3) is 10.9 Å². The number of nitrogens with zero attached hydrogens (tertiary/aromatic N) is 1. The maximum Gasteiger partial charge on any atom is 0.105 e. The van der Waals surface area contributed by atoms with Crippen molar-refractivity contribution in [2.45, 2.75) is 12.5 Å². The van der Waals surface area contributed by atoms with E-state index >= 15 is 0 Å². The van der Waals surface area contributed by atoms with Crippen LogP contribution in [0.5, 0.6) is 0 Å². The van der Waals surface area contributed by atoms with Crippen LogP contribution in [-0.2, 0) is 5.60 Å². The first kappa shape index (κ1) is 14.3. The number of pyridine rings is 1. The molecule has 3 aromatic rings. The summed E-state index contributed by atoms with van der Waals surface area (Å²) in [4.78, 5) is 4.32. The fourth-order valence-corrected chi connectivity index (χ4v) is 3.17. The first-order valence-electron chi connectivity index (χ1n) is 6.59. The summed E-state index contributed by atoms with van der Waals surface area (Å²) in [5, 5.41) is 19.4. The second kappa shape index (κ2) is 5.64. The van der Waals surface area contributed by atoms with E-state index in [0.717, 1.165) is 22.2 Å². The van der Waals surface area contributed by atoms with E-state index in [4.69, 9.17) is 11.6 Å². The Bertz CT molecular complexity index is 756. The lowest BCUT2D eigenvalue weighted by Gasteiger charge is -2.24. The largest absolute Gasteiger partial charge is 0.384 e. The first-order valence-corrected chi connectivity index (χ1v) is 7.91. The van der Waals surface area contributed by atoms with Crippen molar-refractivity contribution in [1.82, 2.24) is 4.98 Å². The molecule has 2 aromatic heterocycles. The minimum absolute atomic E-state index is 0.412. The van der Waals surface area contributed by atoms with E-state index in [1.54, 1.807) is 24.5 Å². The van der Waals surface area contributed by atoms with Crippen molar-refractivity contribution in [3.05, 3.63) is 57.9 Å². The van der Waals surface area contributed by atoms with E-state index < -0.39 is 5.60 Å². The van der Waals surface area contributed by atoms with Crippen molar-refractivity contribution >= 4 is 39.5 Å². The van der Waals surface area contributed by atoms with Gasteiger partial charge in [-0.25, -0.2) is 0 Å². The molecule has 0 radical (unpaired) electrons. The van der Waals surface area contributed by atoms with Gasteiger partial charge in [0.2, 0.25) is 0 Å². The Hall–Kier alpha value is -1.62. The molecule has 0 saturated heterocycles. The zero-order valence-electron chi connectivity index (χ0n) is 11.5. The van der Waals surface area contributed by atoms with Gasteiger partial charge in [-0.2, -0.15) is 11.3 Å². The molecule has 5 heteroatoms. The normalized spacial score (nSPS) is 14.0. The zero-order chi connectivity index (χ0) is 14.9. The number of hydrogen-bond donors (Lipinski definition) is 2. The van der Waals surface area contributed by atoms with E-state index in [1.165, 1.54) is 0 Å². The maximum atomic E-state index is 10.6. The van der Waals surface area contributed by atoms with Crippen LogP contribution in [0.15, 0.2) is 47.3 Å². The summed E-state index contributed by atoms with van der Waals surface area (Å²) in [7, 11) is 0. The summed E-state index contributed by atoms with van der Waals surface area (Å²) in [6, 6.07) is 9.42. The third kappa shape index (κ3) is 3.02. The van der Waals surface area contributed by atoms with Gasteiger partial charge in [0.15, 0.2) is 0 Å². The number of aliphatic hydroxyl groups is 1. The number of halogens is 1. The van der Waals surface area contributed by atoms with E-state index in [2.05, 4.69) is 10.3 Å². The van der Waals surface area contributed by atoms with Crippen LogP contribution < -0.4 is 5.32 Å². The molecular weight excluding hydrogens is 304 g/mol. The minimum Gasteiger partial charge on any atom is -0.384 e. The molecule has 0 fully saturated rings. The molecule has 21 heavy (non-hydrogen) atoms. The molecule has 0 aliphatic heterocycles. The zero-order valence-corrected chi connectivity index (χ0v) is 13.1. The molecule has 3 rings (SSSR count). The van der Waals surface area contributed by atoms with Crippen LogP contribution >= 0.6 is 22.9 Å². The Kier molecular flexibility index (Phi) is 3.85. The summed E-state index contributed by atoms with van der Waals surface area (Å²) in [5.41, 5.74) is 1.78. The topological polar surface area (TPSA) is 45.1 Å². The van der Waals surface area contributed by atoms with E-state index in [9.17, 15) is 5.11 Å². The molecule has 0 aliphatic rings. The highest BCUT2D eigenvalue weighted by Gasteiger charge is 2.23. The van der Waals surface area contributed by atoms with Crippen molar-refractivity contribution in [2.24, 2.45) is 0 Å². The molecule has 0 amide bonds. The lowest BCUT2D eigenvalue weighted by Crippen LogP contribution is -2.30. The van der Waals surface area contributed by atoms with Gasteiger partial charge >= 0.3 is 0 Å². The summed E-state index contributed by atoms with van der Waals surface area (Å²) < 4.78 is 0. The lowest BCUT2D eigenvalue weighted by atomic mass is 9.99. The third-order valence-electron chi connectivity index (χ3n) is 3.47. The average molecular weight is 319 g/mol. The molecule has 0 aliphatic carbocycles. The molecule has 2 heterocycles. The van der Waals surface area contributed by atoms with Crippen LogP contribution in [0.4, 0.5) is 5.69 Å². The fourth-order valence-electron chi connectivity index (χ4n) is 2.21. The molecule has 1 atom stereocenters. The van der Waals surface area contributed by atoms with Gasteiger partial charge in [0.1, 0.15) is 5.60 Å². The predicted octanol–water partition coefficient (Wildman–Crippen LogP) is 4.27. The van der Waals surface area contributed by atoms with Crippen LogP contribution in [0.3, 0.4) is 0 Å². The Morgan fingerprint density at radius 2 is 2.19 bits per heavy atom. The number of thiophene rings is 1. The molecule has 1 aromatic carbocycles. The Balaban J connectivity index is 1.87. The van der Waals surface area contributed by atoms with Gasteiger partial charge in [-0.15, -0.1) is 0 Å². The van der Waals surface area contributed by atoms with Crippen molar-refractivity contribution in [1.29, 1.82) is 0 Å². The Labute approximate surface area is 132 Å². The van der Waals surface area contributed by atoms with Crippen LogP contribution in [-0.4, -0.2) is 16.6 Å². The molecule has 0 bridgehead atoms. The van der Waals surface area contributed by atoms with Gasteiger partial charge in [0.25, 0.3) is 0 Å².